The van der Waals surface area contributed by atoms with E-state index in [2.05, 4.69) is 58.5 Å². The molecule has 0 saturated heterocycles. The third kappa shape index (κ3) is 2.72. The summed E-state index contributed by atoms with van der Waals surface area (Å²) in [7, 11) is 1.72. The van der Waals surface area contributed by atoms with Crippen molar-refractivity contribution in [1.82, 2.24) is 4.98 Å². The Kier molecular flexibility index (Phi) is 4.06. The zero-order valence-electron chi connectivity index (χ0n) is 13.5. The van der Waals surface area contributed by atoms with Gasteiger partial charge in [-0.2, -0.15) is 0 Å². The van der Waals surface area contributed by atoms with Crippen LogP contribution in [-0.4, -0.2) is 12.1 Å². The van der Waals surface area contributed by atoms with Crippen molar-refractivity contribution in [1.29, 1.82) is 0 Å². The first-order valence-electron chi connectivity index (χ1n) is 7.85. The predicted molar refractivity (Wildman–Crippen MR) is 104 cm³/mol. The summed E-state index contributed by atoms with van der Waals surface area (Å²) < 4.78 is 6.72. The maximum Gasteiger partial charge on any atom is 0.187 e. The molecule has 0 aliphatic heterocycles. The van der Waals surface area contributed by atoms with Crippen molar-refractivity contribution in [2.45, 2.75) is 19.8 Å². The van der Waals surface area contributed by atoms with E-state index in [4.69, 9.17) is 9.72 Å². The minimum absolute atomic E-state index is 0.890. The van der Waals surface area contributed by atoms with Crippen LogP contribution in [0.25, 0.3) is 11.3 Å². The number of aryl methyl sites for hydroxylation is 2. The van der Waals surface area contributed by atoms with Crippen molar-refractivity contribution >= 4 is 38.1 Å². The molecule has 0 fully saturated rings. The highest BCUT2D eigenvalue weighted by molar-refractivity contribution is 9.10. The molecule has 0 spiro atoms. The van der Waals surface area contributed by atoms with Gasteiger partial charge in [-0.25, -0.2) is 4.98 Å². The van der Waals surface area contributed by atoms with Crippen LogP contribution in [0, 0.1) is 6.92 Å². The lowest BCUT2D eigenvalue weighted by molar-refractivity contribution is 0.415. The van der Waals surface area contributed by atoms with E-state index in [9.17, 15) is 0 Å². The SMILES string of the molecule is COc1ccc(Br)c2c1-c1nc(Nc3ccc(C)cc3)sc1CC2. The topological polar surface area (TPSA) is 34.1 Å². The fraction of sp³-hybridized carbons (Fsp3) is 0.211. The van der Waals surface area contributed by atoms with E-state index < -0.39 is 0 Å². The number of halogens is 1. The van der Waals surface area contributed by atoms with E-state index in [1.165, 1.54) is 16.0 Å². The lowest BCUT2D eigenvalue weighted by Crippen LogP contribution is -2.05. The van der Waals surface area contributed by atoms with Crippen LogP contribution in [-0.2, 0) is 12.8 Å². The molecule has 24 heavy (non-hydrogen) atoms. The average molecular weight is 401 g/mol. The maximum atomic E-state index is 5.59. The molecular weight excluding hydrogens is 384 g/mol. The molecule has 3 aromatic rings. The summed E-state index contributed by atoms with van der Waals surface area (Å²) in [5.74, 6) is 0.890. The fourth-order valence-corrected chi connectivity index (χ4v) is 4.56. The summed E-state index contributed by atoms with van der Waals surface area (Å²) >= 11 is 5.40. The number of rotatable bonds is 3. The first-order chi connectivity index (χ1) is 11.7. The average Bonchev–Trinajstić information content (AvgIpc) is 3.00. The van der Waals surface area contributed by atoms with Crippen LogP contribution in [0.15, 0.2) is 40.9 Å². The van der Waals surface area contributed by atoms with Crippen LogP contribution in [0.4, 0.5) is 10.8 Å². The molecule has 1 heterocycles. The van der Waals surface area contributed by atoms with E-state index in [-0.39, 0.29) is 0 Å². The molecule has 2 aromatic carbocycles. The lowest BCUT2D eigenvalue weighted by atomic mass is 9.93. The molecule has 0 bridgehead atoms. The van der Waals surface area contributed by atoms with Gasteiger partial charge in [-0.3, -0.25) is 0 Å². The molecule has 0 unspecified atom stereocenters. The number of benzene rings is 2. The van der Waals surface area contributed by atoms with Crippen LogP contribution in [0.5, 0.6) is 5.75 Å². The summed E-state index contributed by atoms with van der Waals surface area (Å²) in [6.07, 6.45) is 2.02. The highest BCUT2D eigenvalue weighted by Crippen LogP contribution is 2.45. The van der Waals surface area contributed by atoms with Crippen LogP contribution in [0.2, 0.25) is 0 Å². The van der Waals surface area contributed by atoms with Gasteiger partial charge in [0.05, 0.1) is 12.8 Å². The molecule has 3 nitrogen and oxygen atoms in total. The molecule has 0 saturated carbocycles. The number of aromatic nitrogens is 1. The molecule has 5 heteroatoms. The number of methoxy groups -OCH3 is 1. The fourth-order valence-electron chi connectivity index (χ4n) is 3.04. The predicted octanol–water partition coefficient (Wildman–Crippen LogP) is 5.73. The van der Waals surface area contributed by atoms with Crippen LogP contribution < -0.4 is 10.1 Å². The summed E-state index contributed by atoms with van der Waals surface area (Å²) in [4.78, 5) is 6.18. The van der Waals surface area contributed by atoms with Gasteiger partial charge in [0.1, 0.15) is 5.75 Å². The molecule has 0 radical (unpaired) electrons. The first kappa shape index (κ1) is 15.7. The Balaban J connectivity index is 1.75. The van der Waals surface area contributed by atoms with Crippen molar-refractivity contribution in [3.8, 4) is 17.0 Å². The van der Waals surface area contributed by atoms with Crippen LogP contribution >= 0.6 is 27.3 Å². The first-order valence-corrected chi connectivity index (χ1v) is 9.46. The smallest absolute Gasteiger partial charge is 0.187 e. The largest absolute Gasteiger partial charge is 0.496 e. The second-order valence-electron chi connectivity index (χ2n) is 5.89. The third-order valence-electron chi connectivity index (χ3n) is 4.28. The zero-order valence-corrected chi connectivity index (χ0v) is 15.9. The molecule has 0 atom stereocenters. The number of nitrogens with zero attached hydrogens (tertiary/aromatic N) is 1. The Morgan fingerprint density at radius 1 is 1.12 bits per heavy atom. The van der Waals surface area contributed by atoms with Gasteiger partial charge in [-0.1, -0.05) is 33.6 Å². The van der Waals surface area contributed by atoms with Gasteiger partial charge in [0, 0.05) is 20.6 Å². The highest BCUT2D eigenvalue weighted by Gasteiger charge is 2.26. The van der Waals surface area contributed by atoms with Crippen molar-refractivity contribution < 1.29 is 4.74 Å². The van der Waals surface area contributed by atoms with Gasteiger partial charge in [0.2, 0.25) is 0 Å². The van der Waals surface area contributed by atoms with E-state index in [0.717, 1.165) is 45.1 Å². The number of hydrogen-bond donors (Lipinski definition) is 1. The normalized spacial score (nSPS) is 12.5. The number of nitrogens with one attached hydrogen (secondary N) is 1. The maximum absolute atomic E-state index is 5.59. The Bertz CT molecular complexity index is 902. The molecule has 1 aliphatic carbocycles. The third-order valence-corrected chi connectivity index (χ3v) is 6.05. The molecule has 1 N–H and O–H groups in total. The van der Waals surface area contributed by atoms with Gasteiger partial charge in [0.25, 0.3) is 0 Å². The Morgan fingerprint density at radius 3 is 2.67 bits per heavy atom. The molecule has 122 valence electrons. The Labute approximate surface area is 153 Å². The second-order valence-corrected chi connectivity index (χ2v) is 7.82. The summed E-state index contributed by atoms with van der Waals surface area (Å²) in [6.45, 7) is 2.09. The Hall–Kier alpha value is -1.85. The highest BCUT2D eigenvalue weighted by atomic mass is 79.9. The van der Waals surface area contributed by atoms with Crippen molar-refractivity contribution in [3.05, 3.63) is 56.9 Å². The van der Waals surface area contributed by atoms with E-state index >= 15 is 0 Å². The van der Waals surface area contributed by atoms with E-state index in [1.807, 2.05) is 6.07 Å². The van der Waals surface area contributed by atoms with Gasteiger partial charge >= 0.3 is 0 Å². The van der Waals surface area contributed by atoms with E-state index in [1.54, 1.807) is 18.4 Å². The second kappa shape index (κ2) is 6.22. The monoisotopic (exact) mass is 400 g/mol. The van der Waals surface area contributed by atoms with Crippen LogP contribution in [0.3, 0.4) is 0 Å². The molecule has 4 rings (SSSR count). The lowest BCUT2D eigenvalue weighted by Gasteiger charge is -2.19. The van der Waals surface area contributed by atoms with E-state index in [0.29, 0.717) is 0 Å². The summed E-state index contributed by atoms with van der Waals surface area (Å²) in [6, 6.07) is 12.4. The molecule has 1 aliphatic rings. The number of anilines is 2. The molecular formula is C19H17BrN2OS. The van der Waals surface area contributed by atoms with Crippen molar-refractivity contribution in [2.75, 3.05) is 12.4 Å². The van der Waals surface area contributed by atoms with Crippen molar-refractivity contribution in [3.63, 3.8) is 0 Å². The van der Waals surface area contributed by atoms with Gasteiger partial charge in [0.15, 0.2) is 5.13 Å². The van der Waals surface area contributed by atoms with Gasteiger partial charge < -0.3 is 10.1 Å². The Morgan fingerprint density at radius 2 is 1.92 bits per heavy atom. The minimum atomic E-state index is 0.890. The zero-order chi connectivity index (χ0) is 16.7. The quantitative estimate of drug-likeness (QED) is 0.609. The number of fused-ring (bicyclic) bond motifs is 3. The minimum Gasteiger partial charge on any atom is -0.496 e. The standard InChI is InChI=1S/C19H17BrN2OS/c1-11-3-5-12(6-4-11)21-19-22-18-16(24-19)10-7-13-14(20)8-9-15(23-2)17(13)18/h3-6,8-9H,7,10H2,1-2H3,(H,21,22). The number of thiazole rings is 1. The summed E-state index contributed by atoms with van der Waals surface area (Å²) in [5.41, 5.74) is 5.78. The van der Waals surface area contributed by atoms with Gasteiger partial charge in [-0.15, -0.1) is 11.3 Å². The van der Waals surface area contributed by atoms with Crippen LogP contribution in [0.1, 0.15) is 16.0 Å². The number of ether oxygens (including phenoxy) is 1. The molecule has 0 amide bonds. The molecule has 1 aromatic heterocycles. The van der Waals surface area contributed by atoms with Gasteiger partial charge in [-0.05, 0) is 49.6 Å². The van der Waals surface area contributed by atoms with Crippen molar-refractivity contribution in [2.24, 2.45) is 0 Å². The number of hydrogen-bond acceptors (Lipinski definition) is 4. The summed E-state index contributed by atoms with van der Waals surface area (Å²) in [5, 5.41) is 4.36.